The first-order valence-electron chi connectivity index (χ1n) is 14.8. The molecule has 42 heavy (non-hydrogen) atoms. The number of hydrogen-bond acceptors (Lipinski definition) is 3. The van der Waals surface area contributed by atoms with E-state index in [1.165, 1.54) is 38.3 Å². The first-order valence-corrected chi connectivity index (χ1v) is 16.8. The predicted octanol–water partition coefficient (Wildman–Crippen LogP) is 10.6. The maximum absolute atomic E-state index is 12.9. The van der Waals surface area contributed by atoms with Gasteiger partial charge in [0.1, 0.15) is 0 Å². The first-order chi connectivity index (χ1) is 20.0. The number of Topliss-reactive ketones (excluding diaryl/α,β-unsaturated/α-hetero) is 1. The van der Waals surface area contributed by atoms with E-state index in [0.717, 1.165) is 33.9 Å². The summed E-state index contributed by atoms with van der Waals surface area (Å²) < 4.78 is 0. The van der Waals surface area contributed by atoms with Crippen LogP contribution in [0.1, 0.15) is 75.5 Å². The molecule has 0 aromatic heterocycles. The molecule has 0 saturated carbocycles. The van der Waals surface area contributed by atoms with Crippen LogP contribution in [-0.4, -0.2) is 17.3 Å². The predicted molar refractivity (Wildman–Crippen MR) is 183 cm³/mol. The normalized spacial score (nSPS) is 22.8. The summed E-state index contributed by atoms with van der Waals surface area (Å²) in [4.78, 5) is 15.5. The van der Waals surface area contributed by atoms with E-state index >= 15 is 0 Å². The fourth-order valence-corrected chi connectivity index (χ4v) is 8.95. The van der Waals surface area contributed by atoms with Crippen LogP contribution in [0.2, 0.25) is 0 Å². The lowest BCUT2D eigenvalue weighted by Crippen LogP contribution is -2.38. The lowest BCUT2D eigenvalue weighted by Gasteiger charge is -2.42. The zero-order valence-corrected chi connectivity index (χ0v) is 27.4. The Bertz CT molecular complexity index is 1600. The molecule has 0 amide bonds. The van der Waals surface area contributed by atoms with Crippen LogP contribution in [0.4, 0.5) is 0 Å². The molecular weight excluding hydrogens is 549 g/mol. The van der Waals surface area contributed by atoms with Crippen LogP contribution in [0.25, 0.3) is 0 Å². The minimum absolute atomic E-state index is 0.162. The minimum atomic E-state index is -0.416. The smallest absolute Gasteiger partial charge is 0.175 e. The van der Waals surface area contributed by atoms with E-state index in [4.69, 9.17) is 0 Å². The first kappa shape index (κ1) is 30.4. The zero-order valence-electron chi connectivity index (χ0n) is 25.8. The number of rotatable bonds is 4. The summed E-state index contributed by atoms with van der Waals surface area (Å²) in [7, 11) is 0. The third-order valence-electron chi connectivity index (χ3n) is 9.04. The summed E-state index contributed by atoms with van der Waals surface area (Å²) in [5.41, 5.74) is 9.78. The van der Waals surface area contributed by atoms with Crippen LogP contribution in [0.5, 0.6) is 0 Å². The quantitative estimate of drug-likeness (QED) is 0.220. The van der Waals surface area contributed by atoms with E-state index in [9.17, 15) is 4.79 Å². The van der Waals surface area contributed by atoms with Crippen molar-refractivity contribution >= 4 is 29.3 Å². The second-order valence-electron chi connectivity index (χ2n) is 12.5. The van der Waals surface area contributed by atoms with E-state index < -0.39 is 5.41 Å². The molecule has 0 spiro atoms. The Morgan fingerprint density at radius 3 is 1.86 bits per heavy atom. The van der Waals surface area contributed by atoms with Crippen molar-refractivity contribution in [3.05, 3.63) is 142 Å². The van der Waals surface area contributed by atoms with Gasteiger partial charge in [-0.2, -0.15) is 0 Å². The molecule has 0 unspecified atom stereocenters. The van der Waals surface area contributed by atoms with Gasteiger partial charge < -0.3 is 0 Å². The lowest BCUT2D eigenvalue weighted by molar-refractivity contribution is 0.0906. The lowest BCUT2D eigenvalue weighted by atomic mass is 9.68. The van der Waals surface area contributed by atoms with Gasteiger partial charge in [0, 0.05) is 32.3 Å². The molecule has 2 heterocycles. The van der Waals surface area contributed by atoms with Gasteiger partial charge in [-0.1, -0.05) is 96.4 Å². The molecular formula is C39H42OS2. The SMILES string of the molecule is C=CC[C@@H]1c2ccc(C)cc2SC[C@]1(C)c1ccc(C)cc1.Cc1ccc([C@@]2(C)CSc3cc(C)ccc3C2=O)cc1. The van der Waals surface area contributed by atoms with Gasteiger partial charge in [0.25, 0.3) is 0 Å². The van der Waals surface area contributed by atoms with Crippen LogP contribution in [0.15, 0.2) is 107 Å². The Kier molecular flexibility index (Phi) is 8.92. The molecule has 0 aliphatic carbocycles. The van der Waals surface area contributed by atoms with Crippen LogP contribution in [0, 0.1) is 27.7 Å². The van der Waals surface area contributed by atoms with Crippen molar-refractivity contribution < 1.29 is 4.79 Å². The molecule has 0 radical (unpaired) electrons. The number of ketones is 1. The van der Waals surface area contributed by atoms with Gasteiger partial charge in [0.2, 0.25) is 0 Å². The Balaban J connectivity index is 0.000000169. The number of hydrogen-bond donors (Lipinski definition) is 0. The fraction of sp³-hybridized carbons (Fsp3) is 0.308. The number of aryl methyl sites for hydroxylation is 4. The number of allylic oxidation sites excluding steroid dienone is 1. The van der Waals surface area contributed by atoms with Gasteiger partial charge in [-0.05, 0) is 87.4 Å². The van der Waals surface area contributed by atoms with Crippen molar-refractivity contribution in [1.29, 1.82) is 0 Å². The van der Waals surface area contributed by atoms with Crippen molar-refractivity contribution in [2.75, 3.05) is 11.5 Å². The molecule has 4 aromatic carbocycles. The highest BCUT2D eigenvalue weighted by atomic mass is 32.2. The van der Waals surface area contributed by atoms with Crippen molar-refractivity contribution in [3.63, 3.8) is 0 Å². The molecule has 2 aliphatic heterocycles. The monoisotopic (exact) mass is 590 g/mol. The average molecular weight is 591 g/mol. The van der Waals surface area contributed by atoms with Crippen molar-refractivity contribution in [1.82, 2.24) is 0 Å². The van der Waals surface area contributed by atoms with Crippen LogP contribution < -0.4 is 0 Å². The summed E-state index contributed by atoms with van der Waals surface area (Å²) in [5.74, 6) is 2.69. The molecule has 0 saturated heterocycles. The fourth-order valence-electron chi connectivity index (χ4n) is 6.16. The zero-order chi connectivity index (χ0) is 30.1. The summed E-state index contributed by atoms with van der Waals surface area (Å²) in [6.07, 6.45) is 3.11. The van der Waals surface area contributed by atoms with Gasteiger partial charge >= 0.3 is 0 Å². The maximum Gasteiger partial charge on any atom is 0.175 e. The van der Waals surface area contributed by atoms with Crippen LogP contribution in [-0.2, 0) is 10.8 Å². The summed E-state index contributed by atoms with van der Waals surface area (Å²) >= 11 is 3.80. The minimum Gasteiger partial charge on any atom is -0.293 e. The Labute approximate surface area is 261 Å². The van der Waals surface area contributed by atoms with E-state index in [-0.39, 0.29) is 11.2 Å². The van der Waals surface area contributed by atoms with Gasteiger partial charge in [0.15, 0.2) is 5.78 Å². The molecule has 2 aliphatic rings. The third kappa shape index (κ3) is 5.92. The molecule has 0 fully saturated rings. The topological polar surface area (TPSA) is 17.1 Å². The molecule has 0 N–H and O–H groups in total. The molecule has 6 rings (SSSR count). The molecule has 3 atom stereocenters. The number of fused-ring (bicyclic) bond motifs is 2. The summed E-state index contributed by atoms with van der Waals surface area (Å²) in [5, 5.41) is 0. The van der Waals surface area contributed by atoms with E-state index in [0.29, 0.717) is 5.92 Å². The van der Waals surface area contributed by atoms with Gasteiger partial charge in [0.05, 0.1) is 5.41 Å². The highest BCUT2D eigenvalue weighted by Crippen LogP contribution is 2.51. The van der Waals surface area contributed by atoms with Gasteiger partial charge in [-0.3, -0.25) is 4.79 Å². The van der Waals surface area contributed by atoms with Crippen molar-refractivity contribution in [2.24, 2.45) is 0 Å². The van der Waals surface area contributed by atoms with E-state index in [1.807, 2.05) is 23.9 Å². The Morgan fingerprint density at radius 1 is 0.714 bits per heavy atom. The van der Waals surface area contributed by atoms with Crippen molar-refractivity contribution in [3.8, 4) is 0 Å². The largest absolute Gasteiger partial charge is 0.293 e. The Morgan fingerprint density at radius 2 is 1.24 bits per heavy atom. The number of carbonyl (C=O) groups excluding carboxylic acids is 1. The second-order valence-corrected chi connectivity index (χ2v) is 14.5. The van der Waals surface area contributed by atoms with Gasteiger partial charge in [-0.25, -0.2) is 0 Å². The standard InChI is InChI=1S/C21H24S.C18H18OS/c1-5-6-19-18-12-9-16(3)13-20(18)22-14-21(19,4)17-10-7-15(2)8-11-17;1-12-4-7-14(8-5-12)18(3)11-20-16-10-13(2)6-9-15(16)17(18)19/h5,7-13,19H,1,6,14H2,2-4H3;4-10H,11H2,1-3H3/t19-,21-;18-/m11/s1. The average Bonchev–Trinajstić information content (AvgIpc) is 2.98. The second kappa shape index (κ2) is 12.3. The third-order valence-corrected chi connectivity index (χ3v) is 11.8. The summed E-state index contributed by atoms with van der Waals surface area (Å²) in [6, 6.07) is 30.5. The van der Waals surface area contributed by atoms with Crippen LogP contribution >= 0.6 is 23.5 Å². The van der Waals surface area contributed by atoms with Gasteiger partial charge in [-0.15, -0.1) is 30.1 Å². The highest BCUT2D eigenvalue weighted by Gasteiger charge is 2.41. The molecule has 0 bridgehead atoms. The maximum atomic E-state index is 12.9. The van der Waals surface area contributed by atoms with E-state index in [1.54, 1.807) is 11.8 Å². The highest BCUT2D eigenvalue weighted by molar-refractivity contribution is 7.99. The molecule has 1 nitrogen and oxygen atoms in total. The van der Waals surface area contributed by atoms with Crippen molar-refractivity contribution in [2.45, 2.75) is 74.5 Å². The molecule has 3 heteroatoms. The Hall–Kier alpha value is -3.01. The van der Waals surface area contributed by atoms with E-state index in [2.05, 4.69) is 127 Å². The molecule has 216 valence electrons. The number of thioether (sulfide) groups is 2. The summed E-state index contributed by atoms with van der Waals surface area (Å²) in [6.45, 7) is 17.0. The molecule has 4 aromatic rings. The number of benzene rings is 4. The van der Waals surface area contributed by atoms with Crippen LogP contribution in [0.3, 0.4) is 0 Å². The number of carbonyl (C=O) groups is 1.